The zero-order chi connectivity index (χ0) is 17.2. The lowest BCUT2D eigenvalue weighted by Gasteiger charge is -2.10. The first-order valence-corrected chi connectivity index (χ1v) is 7.79. The second-order valence-electron chi connectivity index (χ2n) is 4.88. The summed E-state index contributed by atoms with van der Waals surface area (Å²) >= 11 is 6.00. The number of carbonyl (C=O) groups excluding carboxylic acids is 1. The molecular formula is C18H17ClN2O3. The van der Waals surface area contributed by atoms with Gasteiger partial charge in [0.15, 0.2) is 0 Å². The number of para-hydroxylation sites is 1. The number of nitrogens with one attached hydrogen (secondary N) is 1. The fraction of sp³-hybridized carbons (Fsp3) is 0.222. The first-order valence-electron chi connectivity index (χ1n) is 7.42. The van der Waals surface area contributed by atoms with Gasteiger partial charge >= 0.3 is 0 Å². The first kappa shape index (κ1) is 17.6. The minimum atomic E-state index is -0.283. The average Bonchev–Trinajstić information content (AvgIpc) is 2.59. The van der Waals surface area contributed by atoms with Crippen molar-refractivity contribution in [3.8, 4) is 17.6 Å². The number of hydrogen-bond acceptors (Lipinski definition) is 4. The van der Waals surface area contributed by atoms with E-state index in [0.29, 0.717) is 36.3 Å². The summed E-state index contributed by atoms with van der Waals surface area (Å²) in [5.41, 5.74) is 0.931. The average molecular weight is 345 g/mol. The van der Waals surface area contributed by atoms with Crippen molar-refractivity contribution in [3.05, 3.63) is 59.1 Å². The highest BCUT2D eigenvalue weighted by atomic mass is 35.5. The molecule has 2 aromatic carbocycles. The van der Waals surface area contributed by atoms with Crippen LogP contribution in [0.25, 0.3) is 0 Å². The Labute approximate surface area is 145 Å². The van der Waals surface area contributed by atoms with Crippen LogP contribution in [0.3, 0.4) is 0 Å². The zero-order valence-electron chi connectivity index (χ0n) is 13.0. The summed E-state index contributed by atoms with van der Waals surface area (Å²) in [6.45, 7) is 1.16. The van der Waals surface area contributed by atoms with Crippen LogP contribution in [0.15, 0.2) is 48.5 Å². The summed E-state index contributed by atoms with van der Waals surface area (Å²) in [5.74, 6) is 1.06. The summed E-state index contributed by atoms with van der Waals surface area (Å²) in [4.78, 5) is 11.2. The molecule has 0 radical (unpaired) electrons. The van der Waals surface area contributed by atoms with Crippen molar-refractivity contribution >= 4 is 17.5 Å². The van der Waals surface area contributed by atoms with Crippen LogP contribution in [-0.2, 0) is 11.3 Å². The van der Waals surface area contributed by atoms with Gasteiger partial charge < -0.3 is 14.8 Å². The fourth-order valence-corrected chi connectivity index (χ4v) is 2.10. The molecule has 0 spiro atoms. The van der Waals surface area contributed by atoms with Gasteiger partial charge in [0.2, 0.25) is 5.91 Å². The molecule has 0 heterocycles. The lowest BCUT2D eigenvalue weighted by Crippen LogP contribution is -2.21. The van der Waals surface area contributed by atoms with Gasteiger partial charge in [-0.15, -0.1) is 0 Å². The van der Waals surface area contributed by atoms with E-state index in [-0.39, 0.29) is 12.3 Å². The van der Waals surface area contributed by atoms with Gasteiger partial charge in [0.05, 0.1) is 11.1 Å². The number of nitriles is 1. The number of rotatable bonds is 8. The number of ether oxygens (including phenoxy) is 2. The Morgan fingerprint density at radius 1 is 1.08 bits per heavy atom. The second kappa shape index (κ2) is 9.43. The summed E-state index contributed by atoms with van der Waals surface area (Å²) in [6.07, 6.45) is -0.132. The van der Waals surface area contributed by atoms with Gasteiger partial charge in [-0.2, -0.15) is 5.26 Å². The minimum Gasteiger partial charge on any atom is -0.490 e. The van der Waals surface area contributed by atoms with Gasteiger partial charge in [0.1, 0.15) is 31.1 Å². The number of nitrogens with zero attached hydrogens (tertiary/aromatic N) is 1. The van der Waals surface area contributed by atoms with Gasteiger partial charge in [-0.05, 0) is 29.8 Å². The van der Waals surface area contributed by atoms with Crippen molar-refractivity contribution in [1.29, 1.82) is 5.26 Å². The van der Waals surface area contributed by atoms with Gasteiger partial charge in [-0.3, -0.25) is 4.79 Å². The molecule has 0 atom stereocenters. The monoisotopic (exact) mass is 344 g/mol. The zero-order valence-corrected chi connectivity index (χ0v) is 13.8. The number of halogens is 1. The molecule has 124 valence electrons. The van der Waals surface area contributed by atoms with Gasteiger partial charge in [0, 0.05) is 6.54 Å². The van der Waals surface area contributed by atoms with Gasteiger partial charge in [0.25, 0.3) is 0 Å². The molecule has 24 heavy (non-hydrogen) atoms. The summed E-state index contributed by atoms with van der Waals surface area (Å²) in [5, 5.41) is 11.6. The largest absolute Gasteiger partial charge is 0.490 e. The van der Waals surface area contributed by atoms with Crippen LogP contribution in [0.2, 0.25) is 5.02 Å². The molecular weight excluding hydrogens is 328 g/mol. The molecule has 1 N–H and O–H groups in total. The molecule has 0 saturated heterocycles. The molecule has 0 bridgehead atoms. The van der Waals surface area contributed by atoms with E-state index in [4.69, 9.17) is 26.3 Å². The number of benzene rings is 2. The number of carbonyl (C=O) groups is 1. The lowest BCUT2D eigenvalue weighted by molar-refractivity contribution is -0.120. The third-order valence-corrected chi connectivity index (χ3v) is 3.41. The van der Waals surface area contributed by atoms with Crippen molar-refractivity contribution < 1.29 is 14.3 Å². The third kappa shape index (κ3) is 5.82. The standard InChI is InChI=1S/C18H17ClN2O3/c19-16-3-1-2-4-17(16)24-12-11-23-15-7-5-14(6-8-15)13-21-18(22)9-10-20/h1-8H,9,11-13H2,(H,21,22). The predicted molar refractivity (Wildman–Crippen MR) is 91.0 cm³/mol. The fourth-order valence-electron chi connectivity index (χ4n) is 1.91. The number of hydrogen-bond donors (Lipinski definition) is 1. The Hall–Kier alpha value is -2.71. The second-order valence-corrected chi connectivity index (χ2v) is 5.29. The molecule has 6 heteroatoms. The van der Waals surface area contributed by atoms with Crippen LogP contribution in [0.1, 0.15) is 12.0 Å². The maximum absolute atomic E-state index is 11.2. The van der Waals surface area contributed by atoms with Crippen molar-refractivity contribution in [2.75, 3.05) is 13.2 Å². The Kier molecular flexibility index (Phi) is 6.93. The van der Waals surface area contributed by atoms with E-state index >= 15 is 0 Å². The molecule has 2 aromatic rings. The Morgan fingerprint density at radius 2 is 1.79 bits per heavy atom. The first-order chi connectivity index (χ1) is 11.7. The predicted octanol–water partition coefficient (Wildman–Crippen LogP) is 3.33. The summed E-state index contributed by atoms with van der Waals surface area (Å²) in [7, 11) is 0. The van der Waals surface area contributed by atoms with Crippen LogP contribution in [0, 0.1) is 11.3 Å². The van der Waals surface area contributed by atoms with Crippen LogP contribution in [0.4, 0.5) is 0 Å². The molecule has 0 aromatic heterocycles. The SMILES string of the molecule is N#CCC(=O)NCc1ccc(OCCOc2ccccc2Cl)cc1. The van der Waals surface area contributed by atoms with E-state index in [1.807, 2.05) is 36.4 Å². The topological polar surface area (TPSA) is 71.4 Å². The molecule has 0 aliphatic carbocycles. The Bertz CT molecular complexity index is 711. The van der Waals surface area contributed by atoms with Crippen molar-refractivity contribution in [3.63, 3.8) is 0 Å². The highest BCUT2D eigenvalue weighted by Crippen LogP contribution is 2.22. The van der Waals surface area contributed by atoms with E-state index in [0.717, 1.165) is 5.56 Å². The highest BCUT2D eigenvalue weighted by Gasteiger charge is 2.02. The Balaban J connectivity index is 1.71. The maximum atomic E-state index is 11.2. The quantitative estimate of drug-likeness (QED) is 0.746. The van der Waals surface area contributed by atoms with E-state index in [2.05, 4.69) is 5.32 Å². The summed E-state index contributed by atoms with van der Waals surface area (Å²) in [6, 6.07) is 16.4. The normalized spacial score (nSPS) is 9.83. The molecule has 0 aliphatic rings. The van der Waals surface area contributed by atoms with Crippen LogP contribution in [0.5, 0.6) is 11.5 Å². The smallest absolute Gasteiger partial charge is 0.234 e. The van der Waals surface area contributed by atoms with Crippen molar-refractivity contribution in [2.24, 2.45) is 0 Å². The molecule has 0 aliphatic heterocycles. The van der Waals surface area contributed by atoms with Gasteiger partial charge in [-0.25, -0.2) is 0 Å². The lowest BCUT2D eigenvalue weighted by atomic mass is 10.2. The molecule has 1 amide bonds. The molecule has 0 saturated carbocycles. The van der Waals surface area contributed by atoms with Crippen molar-refractivity contribution in [1.82, 2.24) is 5.32 Å². The summed E-state index contributed by atoms with van der Waals surface area (Å²) < 4.78 is 11.1. The third-order valence-electron chi connectivity index (χ3n) is 3.10. The molecule has 0 unspecified atom stereocenters. The van der Waals surface area contributed by atoms with E-state index < -0.39 is 0 Å². The minimum absolute atomic E-state index is 0.132. The van der Waals surface area contributed by atoms with Crippen LogP contribution < -0.4 is 14.8 Å². The highest BCUT2D eigenvalue weighted by molar-refractivity contribution is 6.32. The van der Waals surface area contributed by atoms with Crippen LogP contribution >= 0.6 is 11.6 Å². The molecule has 0 fully saturated rings. The Morgan fingerprint density at radius 3 is 2.50 bits per heavy atom. The maximum Gasteiger partial charge on any atom is 0.234 e. The van der Waals surface area contributed by atoms with Crippen molar-refractivity contribution in [2.45, 2.75) is 13.0 Å². The van der Waals surface area contributed by atoms with Gasteiger partial charge in [-0.1, -0.05) is 35.9 Å². The van der Waals surface area contributed by atoms with Crippen LogP contribution in [-0.4, -0.2) is 19.1 Å². The van der Waals surface area contributed by atoms with E-state index in [1.54, 1.807) is 18.2 Å². The number of amides is 1. The van der Waals surface area contributed by atoms with E-state index in [9.17, 15) is 4.79 Å². The van der Waals surface area contributed by atoms with E-state index in [1.165, 1.54) is 0 Å². The molecule has 5 nitrogen and oxygen atoms in total. The molecule has 2 rings (SSSR count).